The second-order valence-corrected chi connectivity index (χ2v) is 9.86. The maximum Gasteiger partial charge on any atom is 0.407 e. The van der Waals surface area contributed by atoms with Crippen molar-refractivity contribution >= 4 is 6.09 Å². The van der Waals surface area contributed by atoms with Gasteiger partial charge in [-0.05, 0) is 78.6 Å². The lowest BCUT2D eigenvalue weighted by molar-refractivity contribution is -0.0348. The smallest absolute Gasteiger partial charge is 0.407 e. The Morgan fingerprint density at radius 3 is 2.61 bits per heavy atom. The summed E-state index contributed by atoms with van der Waals surface area (Å²) in [6, 6.07) is 8.93. The van der Waals surface area contributed by atoms with Crippen LogP contribution in [0.4, 0.5) is 13.6 Å². The monoisotopic (exact) mass is 426 g/mol. The number of fused-ring (bicyclic) bond motifs is 4. The van der Waals surface area contributed by atoms with Crippen molar-refractivity contribution in [2.24, 2.45) is 11.3 Å². The van der Waals surface area contributed by atoms with Gasteiger partial charge in [-0.1, -0.05) is 32.0 Å². The van der Waals surface area contributed by atoms with Crippen molar-refractivity contribution in [2.45, 2.75) is 45.3 Å². The van der Waals surface area contributed by atoms with E-state index in [1.807, 2.05) is 12.1 Å². The van der Waals surface area contributed by atoms with Crippen molar-refractivity contribution in [3.05, 3.63) is 59.2 Å². The minimum Gasteiger partial charge on any atom is -0.445 e. The van der Waals surface area contributed by atoms with E-state index >= 15 is 0 Å². The number of nitrogens with one attached hydrogen (secondary N) is 1. The molecule has 0 aromatic heterocycles. The summed E-state index contributed by atoms with van der Waals surface area (Å²) >= 11 is 0. The number of hydrogen-bond acceptors (Lipinski definition) is 3. The molecule has 3 saturated heterocycles. The van der Waals surface area contributed by atoms with E-state index < -0.39 is 11.6 Å². The molecule has 4 aliphatic rings. The first kappa shape index (κ1) is 20.4. The number of benzene rings is 2. The molecule has 3 aliphatic heterocycles. The molecule has 31 heavy (non-hydrogen) atoms. The van der Waals surface area contributed by atoms with Crippen LogP contribution in [0, 0.1) is 23.0 Å². The minimum atomic E-state index is -0.466. The van der Waals surface area contributed by atoms with Gasteiger partial charge in [-0.25, -0.2) is 13.6 Å². The highest BCUT2D eigenvalue weighted by Gasteiger charge is 2.42. The number of hydrogen-bond donors (Lipinski definition) is 1. The molecule has 0 spiro atoms. The fraction of sp³-hybridized carbons (Fsp3) is 0.480. The van der Waals surface area contributed by atoms with Crippen LogP contribution in [0.15, 0.2) is 36.4 Å². The molecular weight excluding hydrogens is 398 g/mol. The first-order chi connectivity index (χ1) is 14.8. The van der Waals surface area contributed by atoms with Crippen molar-refractivity contribution in [1.29, 1.82) is 0 Å². The largest absolute Gasteiger partial charge is 0.445 e. The molecule has 0 saturated carbocycles. The third kappa shape index (κ3) is 3.82. The summed E-state index contributed by atoms with van der Waals surface area (Å²) in [6.07, 6.45) is 2.51. The van der Waals surface area contributed by atoms with Gasteiger partial charge in [0.2, 0.25) is 0 Å². The molecule has 1 amide bonds. The van der Waals surface area contributed by atoms with Gasteiger partial charge in [0.15, 0.2) is 0 Å². The van der Waals surface area contributed by atoms with Crippen LogP contribution in [0.3, 0.4) is 0 Å². The van der Waals surface area contributed by atoms with Crippen molar-refractivity contribution < 1.29 is 18.3 Å². The predicted molar refractivity (Wildman–Crippen MR) is 115 cm³/mol. The molecule has 2 aromatic rings. The Morgan fingerprint density at radius 2 is 1.90 bits per heavy atom. The molecule has 3 fully saturated rings. The van der Waals surface area contributed by atoms with Crippen LogP contribution in [-0.4, -0.2) is 36.7 Å². The first-order valence-electron chi connectivity index (χ1n) is 11.1. The van der Waals surface area contributed by atoms with Crippen LogP contribution in [0.1, 0.15) is 43.9 Å². The van der Waals surface area contributed by atoms with Gasteiger partial charge in [0.25, 0.3) is 0 Å². The Morgan fingerprint density at radius 1 is 1.13 bits per heavy atom. The summed E-state index contributed by atoms with van der Waals surface area (Å²) in [4.78, 5) is 15.1. The van der Waals surface area contributed by atoms with Crippen LogP contribution in [0.25, 0.3) is 11.1 Å². The summed E-state index contributed by atoms with van der Waals surface area (Å²) < 4.78 is 33.7. The molecule has 6 rings (SSSR count). The minimum absolute atomic E-state index is 0.0372. The Bertz CT molecular complexity index is 1010. The van der Waals surface area contributed by atoms with Crippen LogP contribution < -0.4 is 5.32 Å². The quantitative estimate of drug-likeness (QED) is 0.745. The van der Waals surface area contributed by atoms with Gasteiger partial charge in [0.1, 0.15) is 17.7 Å². The number of carbonyl (C=O) groups excluding carboxylic acids is 1. The lowest BCUT2D eigenvalue weighted by Crippen LogP contribution is -2.53. The third-order valence-corrected chi connectivity index (χ3v) is 7.24. The number of amides is 1. The molecule has 1 unspecified atom stereocenters. The highest BCUT2D eigenvalue weighted by Crippen LogP contribution is 2.46. The fourth-order valence-corrected chi connectivity index (χ4v) is 5.55. The van der Waals surface area contributed by atoms with Gasteiger partial charge >= 0.3 is 6.09 Å². The van der Waals surface area contributed by atoms with Crippen molar-refractivity contribution in [3.63, 3.8) is 0 Å². The molecular formula is C25H28F2N2O2. The van der Waals surface area contributed by atoms with E-state index in [1.54, 1.807) is 6.07 Å². The number of halogens is 2. The SMILES string of the molecule is CC1(C)Cc2cc(-c3cc(F)ccc3F)ccc2C1NC(=O)O[C@@H]1CN2CCC1CC2. The molecule has 0 radical (unpaired) electrons. The van der Waals surface area contributed by atoms with Crippen LogP contribution in [0.5, 0.6) is 0 Å². The van der Waals surface area contributed by atoms with E-state index in [9.17, 15) is 13.6 Å². The lowest BCUT2D eigenvalue weighted by atomic mass is 9.85. The van der Waals surface area contributed by atoms with Gasteiger partial charge in [-0.15, -0.1) is 0 Å². The van der Waals surface area contributed by atoms with Gasteiger partial charge in [-0.3, -0.25) is 4.90 Å². The molecule has 4 nitrogen and oxygen atoms in total. The summed E-state index contributed by atoms with van der Waals surface area (Å²) in [6.45, 7) is 7.24. The standard InChI is InChI=1S/C25H28F2N2O2/c1-25(2)13-17-11-16(20-12-18(26)4-6-21(20)27)3-5-19(17)23(25)28-24(30)31-22-14-29-9-7-15(22)8-10-29/h3-6,11-12,15,22-23H,7-10,13-14H2,1-2H3,(H,28,30)/t22-,23?/m1/s1. The molecule has 2 atom stereocenters. The van der Waals surface area contributed by atoms with Gasteiger partial charge in [-0.2, -0.15) is 0 Å². The molecule has 164 valence electrons. The lowest BCUT2D eigenvalue weighted by Gasteiger charge is -2.44. The highest BCUT2D eigenvalue weighted by molar-refractivity contribution is 5.70. The second-order valence-electron chi connectivity index (χ2n) is 9.86. The summed E-state index contributed by atoms with van der Waals surface area (Å²) in [5, 5.41) is 3.10. The average molecular weight is 427 g/mol. The van der Waals surface area contributed by atoms with Crippen LogP contribution in [-0.2, 0) is 11.2 Å². The van der Waals surface area contributed by atoms with E-state index in [-0.39, 0.29) is 29.2 Å². The van der Waals surface area contributed by atoms with Gasteiger partial charge in [0.05, 0.1) is 6.04 Å². The molecule has 2 bridgehead atoms. The third-order valence-electron chi connectivity index (χ3n) is 7.24. The highest BCUT2D eigenvalue weighted by atomic mass is 19.1. The van der Waals surface area contributed by atoms with Crippen molar-refractivity contribution in [3.8, 4) is 11.1 Å². The Kier molecular flexibility index (Phi) is 5.00. The number of ether oxygens (including phenoxy) is 1. The molecule has 3 heterocycles. The zero-order valence-corrected chi connectivity index (χ0v) is 18.0. The number of rotatable bonds is 3. The van der Waals surface area contributed by atoms with Crippen molar-refractivity contribution in [2.75, 3.05) is 19.6 Å². The van der Waals surface area contributed by atoms with E-state index in [0.29, 0.717) is 11.5 Å². The van der Waals surface area contributed by atoms with Gasteiger partial charge in [0, 0.05) is 12.1 Å². The van der Waals surface area contributed by atoms with E-state index in [2.05, 4.69) is 24.1 Å². The summed E-state index contributed by atoms with van der Waals surface area (Å²) in [7, 11) is 0. The van der Waals surface area contributed by atoms with Crippen molar-refractivity contribution in [1.82, 2.24) is 10.2 Å². The molecule has 1 N–H and O–H groups in total. The Labute approximate surface area is 181 Å². The molecule has 1 aliphatic carbocycles. The molecule has 2 aromatic carbocycles. The zero-order chi connectivity index (χ0) is 21.8. The maximum absolute atomic E-state index is 14.3. The predicted octanol–water partition coefficient (Wildman–Crippen LogP) is 5.08. The van der Waals surface area contributed by atoms with Crippen LogP contribution >= 0.6 is 0 Å². The van der Waals surface area contributed by atoms with E-state index in [4.69, 9.17) is 4.74 Å². The van der Waals surface area contributed by atoms with Crippen LogP contribution in [0.2, 0.25) is 0 Å². The topological polar surface area (TPSA) is 41.6 Å². The zero-order valence-electron chi connectivity index (χ0n) is 18.0. The Balaban J connectivity index is 1.35. The van der Waals surface area contributed by atoms with E-state index in [0.717, 1.165) is 62.2 Å². The number of nitrogens with zero attached hydrogens (tertiary/aromatic N) is 1. The fourth-order valence-electron chi connectivity index (χ4n) is 5.55. The van der Waals surface area contributed by atoms with E-state index in [1.165, 1.54) is 6.07 Å². The summed E-state index contributed by atoms with van der Waals surface area (Å²) in [5.41, 5.74) is 2.73. The number of piperidine rings is 3. The first-order valence-corrected chi connectivity index (χ1v) is 11.1. The number of carbonyl (C=O) groups is 1. The average Bonchev–Trinajstić information content (AvgIpc) is 2.99. The second kappa shape index (κ2) is 7.59. The van der Waals surface area contributed by atoms with Gasteiger partial charge < -0.3 is 10.1 Å². The number of alkyl carbamates (subject to hydrolysis) is 1. The summed E-state index contributed by atoms with van der Waals surface area (Å²) in [5.74, 6) is -0.454. The molecule has 6 heteroatoms. The normalized spacial score (nSPS) is 28.3. The Hall–Kier alpha value is -2.47. The maximum atomic E-state index is 14.3.